The Morgan fingerprint density at radius 1 is 1.35 bits per heavy atom. The number of hydrogen-bond donors (Lipinski definition) is 1. The summed E-state index contributed by atoms with van der Waals surface area (Å²) in [5, 5.41) is 3.31. The number of aromatic nitrogens is 2. The number of aryl methyl sites for hydroxylation is 1. The van der Waals surface area contributed by atoms with Crippen LogP contribution in [0.1, 0.15) is 45.7 Å². The molecule has 0 spiro atoms. The molecule has 114 valence electrons. The van der Waals surface area contributed by atoms with Crippen LogP contribution in [0, 0.1) is 12.3 Å². The van der Waals surface area contributed by atoms with Gasteiger partial charge in [-0.05, 0) is 31.6 Å². The second-order valence-electron chi connectivity index (χ2n) is 5.83. The third-order valence-corrected chi connectivity index (χ3v) is 3.26. The largest absolute Gasteiger partial charge is 0.478 e. The lowest BCUT2D eigenvalue weighted by Crippen LogP contribution is -2.24. The van der Waals surface area contributed by atoms with Crippen LogP contribution in [0.25, 0.3) is 0 Å². The quantitative estimate of drug-likeness (QED) is 0.699. The van der Waals surface area contributed by atoms with E-state index < -0.39 is 0 Å². The third-order valence-electron chi connectivity index (χ3n) is 3.00. The van der Waals surface area contributed by atoms with Crippen molar-refractivity contribution in [1.29, 1.82) is 0 Å². The fourth-order valence-corrected chi connectivity index (χ4v) is 1.99. The van der Waals surface area contributed by atoms with E-state index in [4.69, 9.17) is 16.3 Å². The van der Waals surface area contributed by atoms with Crippen LogP contribution in [0.4, 0.5) is 5.95 Å². The molecule has 0 atom stereocenters. The summed E-state index contributed by atoms with van der Waals surface area (Å²) in [6.45, 7) is 9.96. The highest BCUT2D eigenvalue weighted by Gasteiger charge is 2.17. The summed E-state index contributed by atoms with van der Waals surface area (Å²) in [7, 11) is 0. The summed E-state index contributed by atoms with van der Waals surface area (Å²) >= 11 is 5.75. The van der Waals surface area contributed by atoms with Crippen LogP contribution in [-0.2, 0) is 0 Å². The van der Waals surface area contributed by atoms with E-state index in [0.717, 1.165) is 31.5 Å². The number of ether oxygens (including phenoxy) is 1. The zero-order chi connectivity index (χ0) is 15.0. The van der Waals surface area contributed by atoms with E-state index >= 15 is 0 Å². The van der Waals surface area contributed by atoms with Crippen molar-refractivity contribution in [3.8, 4) is 5.88 Å². The van der Waals surface area contributed by atoms with E-state index in [0.29, 0.717) is 24.3 Å². The first-order valence-electron chi connectivity index (χ1n) is 7.25. The minimum absolute atomic E-state index is 0.173. The number of rotatable bonds is 9. The van der Waals surface area contributed by atoms with Crippen molar-refractivity contribution in [3.63, 3.8) is 0 Å². The van der Waals surface area contributed by atoms with E-state index in [1.165, 1.54) is 0 Å². The minimum Gasteiger partial charge on any atom is -0.478 e. The minimum atomic E-state index is 0.173. The molecule has 4 nitrogen and oxygen atoms in total. The summed E-state index contributed by atoms with van der Waals surface area (Å²) in [5.74, 6) is 1.98. The molecule has 0 aliphatic heterocycles. The van der Waals surface area contributed by atoms with Crippen LogP contribution in [-0.4, -0.2) is 29.0 Å². The van der Waals surface area contributed by atoms with Gasteiger partial charge in [-0.15, -0.1) is 11.6 Å². The van der Waals surface area contributed by atoms with Crippen molar-refractivity contribution in [2.45, 2.75) is 47.0 Å². The summed E-state index contributed by atoms with van der Waals surface area (Å²) in [6, 6.07) is 1.86. The Kier molecular flexibility index (Phi) is 7.06. The highest BCUT2D eigenvalue weighted by Crippen LogP contribution is 2.23. The fraction of sp³-hybridized carbons (Fsp3) is 0.733. The van der Waals surface area contributed by atoms with Gasteiger partial charge in [-0.3, -0.25) is 0 Å². The van der Waals surface area contributed by atoms with Gasteiger partial charge in [-0.2, -0.15) is 4.98 Å². The SMILES string of the molecule is CCCOc1cc(C)nc(NCC(C)(C)CCCCl)n1. The lowest BCUT2D eigenvalue weighted by Gasteiger charge is -2.24. The molecule has 20 heavy (non-hydrogen) atoms. The second-order valence-corrected chi connectivity index (χ2v) is 6.21. The van der Waals surface area contributed by atoms with Gasteiger partial charge in [0.05, 0.1) is 6.61 Å². The molecule has 0 aliphatic carbocycles. The van der Waals surface area contributed by atoms with Crippen molar-refractivity contribution < 1.29 is 4.74 Å². The van der Waals surface area contributed by atoms with E-state index in [9.17, 15) is 0 Å². The van der Waals surface area contributed by atoms with Crippen LogP contribution >= 0.6 is 11.6 Å². The van der Waals surface area contributed by atoms with Crippen LogP contribution < -0.4 is 10.1 Å². The summed E-state index contributed by atoms with van der Waals surface area (Å²) in [6.07, 6.45) is 3.07. The maximum atomic E-state index is 5.75. The average Bonchev–Trinajstić information content (AvgIpc) is 2.40. The van der Waals surface area contributed by atoms with Crippen LogP contribution in [0.15, 0.2) is 6.07 Å². The summed E-state index contributed by atoms with van der Waals surface area (Å²) in [4.78, 5) is 8.78. The Morgan fingerprint density at radius 2 is 2.10 bits per heavy atom. The van der Waals surface area contributed by atoms with E-state index in [1.807, 2.05) is 13.0 Å². The molecule has 1 aromatic rings. The normalized spacial score (nSPS) is 11.4. The predicted molar refractivity (Wildman–Crippen MR) is 84.8 cm³/mol. The zero-order valence-corrected chi connectivity index (χ0v) is 13.8. The van der Waals surface area contributed by atoms with Crippen LogP contribution in [0.3, 0.4) is 0 Å². The molecule has 0 aromatic carbocycles. The number of hydrogen-bond acceptors (Lipinski definition) is 4. The lowest BCUT2D eigenvalue weighted by atomic mass is 9.88. The highest BCUT2D eigenvalue weighted by molar-refractivity contribution is 6.17. The van der Waals surface area contributed by atoms with Crippen molar-refractivity contribution >= 4 is 17.5 Å². The van der Waals surface area contributed by atoms with Gasteiger partial charge in [0.2, 0.25) is 11.8 Å². The van der Waals surface area contributed by atoms with Gasteiger partial charge in [-0.1, -0.05) is 20.8 Å². The van der Waals surface area contributed by atoms with E-state index in [-0.39, 0.29) is 5.41 Å². The third kappa shape index (κ3) is 6.42. The first-order chi connectivity index (χ1) is 9.46. The molecule has 1 aromatic heterocycles. The number of halogens is 1. The summed E-state index contributed by atoms with van der Waals surface area (Å²) < 4.78 is 5.56. The smallest absolute Gasteiger partial charge is 0.226 e. The molecule has 0 amide bonds. The molecular weight excluding hydrogens is 274 g/mol. The topological polar surface area (TPSA) is 47.0 Å². The molecule has 1 rings (SSSR count). The van der Waals surface area contributed by atoms with Gasteiger partial charge in [0.25, 0.3) is 0 Å². The van der Waals surface area contributed by atoms with Crippen molar-refractivity contribution in [3.05, 3.63) is 11.8 Å². The standard InChI is InChI=1S/C15H26ClN3O/c1-5-9-20-13-10-12(2)18-14(19-13)17-11-15(3,4)7-6-8-16/h10H,5-9,11H2,1-4H3,(H,17,18,19). The fourth-order valence-electron chi connectivity index (χ4n) is 1.85. The first kappa shape index (κ1) is 17.0. The maximum absolute atomic E-state index is 5.75. The first-order valence-corrected chi connectivity index (χ1v) is 7.78. The number of nitrogens with one attached hydrogen (secondary N) is 1. The Labute approximate surface area is 127 Å². The molecule has 0 saturated carbocycles. The molecule has 1 N–H and O–H groups in total. The van der Waals surface area contributed by atoms with E-state index in [1.54, 1.807) is 0 Å². The lowest BCUT2D eigenvalue weighted by molar-refractivity contribution is 0.304. The van der Waals surface area contributed by atoms with Gasteiger partial charge in [0.15, 0.2) is 0 Å². The zero-order valence-electron chi connectivity index (χ0n) is 13.0. The van der Waals surface area contributed by atoms with Gasteiger partial charge in [0, 0.05) is 24.2 Å². The van der Waals surface area contributed by atoms with Crippen LogP contribution in [0.5, 0.6) is 5.88 Å². The Bertz CT molecular complexity index is 410. The molecule has 5 heteroatoms. The molecule has 0 radical (unpaired) electrons. The average molecular weight is 300 g/mol. The Hall–Kier alpha value is -1.03. The second kappa shape index (κ2) is 8.30. The number of nitrogens with zero attached hydrogens (tertiary/aromatic N) is 2. The van der Waals surface area contributed by atoms with Gasteiger partial charge < -0.3 is 10.1 Å². The molecule has 0 fully saturated rings. The van der Waals surface area contributed by atoms with Gasteiger partial charge in [0.1, 0.15) is 0 Å². The Balaban J connectivity index is 2.60. The van der Waals surface area contributed by atoms with Crippen LogP contribution in [0.2, 0.25) is 0 Å². The molecule has 0 unspecified atom stereocenters. The predicted octanol–water partition coefficient (Wildman–Crippen LogP) is 4.03. The maximum Gasteiger partial charge on any atom is 0.226 e. The molecule has 0 aliphatic rings. The van der Waals surface area contributed by atoms with E-state index in [2.05, 4.69) is 36.1 Å². The van der Waals surface area contributed by atoms with Crippen molar-refractivity contribution in [2.24, 2.45) is 5.41 Å². The molecular formula is C15H26ClN3O. The number of alkyl halides is 1. The molecule has 0 saturated heterocycles. The molecule has 1 heterocycles. The summed E-state index contributed by atoms with van der Waals surface area (Å²) in [5.41, 5.74) is 1.08. The monoisotopic (exact) mass is 299 g/mol. The van der Waals surface area contributed by atoms with Crippen molar-refractivity contribution in [1.82, 2.24) is 9.97 Å². The molecule has 0 bridgehead atoms. The van der Waals surface area contributed by atoms with Gasteiger partial charge in [-0.25, -0.2) is 4.98 Å². The Morgan fingerprint density at radius 3 is 2.75 bits per heavy atom. The number of anilines is 1. The highest BCUT2D eigenvalue weighted by atomic mass is 35.5. The van der Waals surface area contributed by atoms with Gasteiger partial charge >= 0.3 is 0 Å². The van der Waals surface area contributed by atoms with Crippen molar-refractivity contribution in [2.75, 3.05) is 24.3 Å².